The lowest BCUT2D eigenvalue weighted by Gasteiger charge is -2.43. The van der Waals surface area contributed by atoms with Crippen molar-refractivity contribution < 1.29 is 0 Å². The van der Waals surface area contributed by atoms with E-state index < -0.39 is 0 Å². The zero-order valence-electron chi connectivity index (χ0n) is 11.3. The van der Waals surface area contributed by atoms with Gasteiger partial charge >= 0.3 is 0 Å². The highest BCUT2D eigenvalue weighted by molar-refractivity contribution is 5.21. The van der Waals surface area contributed by atoms with Crippen LogP contribution in [0.25, 0.3) is 0 Å². The molecule has 1 aromatic carbocycles. The molecule has 0 amide bonds. The summed E-state index contributed by atoms with van der Waals surface area (Å²) in [5.74, 6) is 1.66. The van der Waals surface area contributed by atoms with Gasteiger partial charge in [-0.2, -0.15) is 0 Å². The molecule has 2 nitrogen and oxygen atoms in total. The largest absolute Gasteiger partial charge is 0.319 e. The van der Waals surface area contributed by atoms with Crippen LogP contribution in [-0.4, -0.2) is 37.6 Å². The fourth-order valence-corrected chi connectivity index (χ4v) is 3.62. The summed E-state index contributed by atoms with van der Waals surface area (Å²) in [6, 6.07) is 11.9. The normalized spacial score (nSPS) is 32.4. The van der Waals surface area contributed by atoms with Gasteiger partial charge in [-0.3, -0.25) is 4.90 Å². The van der Waals surface area contributed by atoms with Crippen molar-refractivity contribution in [1.29, 1.82) is 0 Å². The molecule has 0 bridgehead atoms. The van der Waals surface area contributed by atoms with Crippen LogP contribution < -0.4 is 5.32 Å². The molecule has 3 unspecified atom stereocenters. The topological polar surface area (TPSA) is 15.3 Å². The summed E-state index contributed by atoms with van der Waals surface area (Å²) in [4.78, 5) is 2.74. The Morgan fingerprint density at radius 1 is 1.17 bits per heavy atom. The highest BCUT2D eigenvalue weighted by Gasteiger charge is 2.38. The zero-order chi connectivity index (χ0) is 12.4. The molecule has 0 spiro atoms. The van der Waals surface area contributed by atoms with E-state index in [4.69, 9.17) is 0 Å². The molecule has 0 radical (unpaired) electrons. The van der Waals surface area contributed by atoms with Gasteiger partial charge in [-0.15, -0.1) is 0 Å². The first-order valence-corrected chi connectivity index (χ1v) is 7.32. The summed E-state index contributed by atoms with van der Waals surface area (Å²) in [5, 5.41) is 3.34. The predicted octanol–water partition coefficient (Wildman–Crippen LogP) is 2.47. The third-order valence-corrected chi connectivity index (χ3v) is 4.80. The van der Waals surface area contributed by atoms with E-state index in [-0.39, 0.29) is 0 Å². The molecule has 98 valence electrons. The molecule has 1 aliphatic carbocycles. The van der Waals surface area contributed by atoms with Crippen LogP contribution in [0.4, 0.5) is 0 Å². The summed E-state index contributed by atoms with van der Waals surface area (Å²) in [5.41, 5.74) is 1.53. The highest BCUT2D eigenvalue weighted by Crippen LogP contribution is 2.37. The van der Waals surface area contributed by atoms with Crippen molar-refractivity contribution >= 4 is 0 Å². The molecule has 1 heterocycles. The average molecular weight is 244 g/mol. The maximum Gasteiger partial charge on any atom is 0.0136 e. The molecule has 1 N–H and O–H groups in total. The minimum Gasteiger partial charge on any atom is -0.319 e. The molecule has 3 atom stereocenters. The van der Waals surface area contributed by atoms with Gasteiger partial charge in [0.2, 0.25) is 0 Å². The number of nitrogens with one attached hydrogen (secondary N) is 1. The highest BCUT2D eigenvalue weighted by atomic mass is 15.2. The summed E-state index contributed by atoms with van der Waals surface area (Å²) in [6.07, 6.45) is 4.17. The van der Waals surface area contributed by atoms with Gasteiger partial charge in [0.25, 0.3) is 0 Å². The van der Waals surface area contributed by atoms with Crippen molar-refractivity contribution in [3.63, 3.8) is 0 Å². The van der Waals surface area contributed by atoms with E-state index in [2.05, 4.69) is 47.6 Å². The van der Waals surface area contributed by atoms with E-state index in [1.54, 1.807) is 0 Å². The molecule has 2 aliphatic rings. The molecular weight excluding hydrogens is 220 g/mol. The molecule has 3 rings (SSSR count). The van der Waals surface area contributed by atoms with Gasteiger partial charge in [-0.1, -0.05) is 30.3 Å². The second-order valence-electron chi connectivity index (χ2n) is 5.85. The first-order valence-electron chi connectivity index (χ1n) is 7.32. The van der Waals surface area contributed by atoms with Crippen LogP contribution in [0, 0.1) is 5.92 Å². The molecule has 1 aliphatic heterocycles. The lowest BCUT2D eigenvalue weighted by Crippen LogP contribution is -2.49. The van der Waals surface area contributed by atoms with Crippen LogP contribution in [0.5, 0.6) is 0 Å². The maximum absolute atomic E-state index is 3.34. The van der Waals surface area contributed by atoms with Crippen LogP contribution >= 0.6 is 0 Å². The standard InChI is InChI=1S/C16H24N2/c1-17-11-14-7-8-16(14)18-10-9-15(12-18)13-5-3-2-4-6-13/h2-6,14-17H,7-12H2,1H3. The third kappa shape index (κ3) is 2.32. The number of nitrogens with zero attached hydrogens (tertiary/aromatic N) is 1. The van der Waals surface area contributed by atoms with Crippen molar-refractivity contribution in [1.82, 2.24) is 10.2 Å². The van der Waals surface area contributed by atoms with Crippen LogP contribution in [0.2, 0.25) is 0 Å². The Morgan fingerprint density at radius 3 is 2.67 bits per heavy atom. The van der Waals surface area contributed by atoms with E-state index in [1.807, 2.05) is 0 Å². The van der Waals surface area contributed by atoms with E-state index in [1.165, 1.54) is 44.5 Å². The fraction of sp³-hybridized carbons (Fsp3) is 0.625. The van der Waals surface area contributed by atoms with Crippen molar-refractivity contribution in [2.75, 3.05) is 26.7 Å². The van der Waals surface area contributed by atoms with Crippen LogP contribution in [-0.2, 0) is 0 Å². The first-order chi connectivity index (χ1) is 8.88. The Labute approximate surface area is 110 Å². The van der Waals surface area contributed by atoms with E-state index in [9.17, 15) is 0 Å². The van der Waals surface area contributed by atoms with Crippen molar-refractivity contribution in [3.05, 3.63) is 35.9 Å². The Kier molecular flexibility index (Phi) is 3.67. The molecule has 1 aromatic rings. The van der Waals surface area contributed by atoms with Crippen molar-refractivity contribution in [3.8, 4) is 0 Å². The SMILES string of the molecule is CNCC1CCC1N1CCC(c2ccccc2)C1. The number of rotatable bonds is 4. The van der Waals surface area contributed by atoms with Gasteiger partial charge < -0.3 is 5.32 Å². The Bertz CT molecular complexity index is 376. The second-order valence-corrected chi connectivity index (χ2v) is 5.85. The summed E-state index contributed by atoms with van der Waals surface area (Å²) in [6.45, 7) is 3.76. The van der Waals surface area contributed by atoms with Crippen LogP contribution in [0.1, 0.15) is 30.7 Å². The molecule has 1 saturated heterocycles. The molecule has 1 saturated carbocycles. The fourth-order valence-electron chi connectivity index (χ4n) is 3.62. The van der Waals surface area contributed by atoms with E-state index >= 15 is 0 Å². The lowest BCUT2D eigenvalue weighted by molar-refractivity contribution is 0.0825. The summed E-state index contributed by atoms with van der Waals surface area (Å²) < 4.78 is 0. The van der Waals surface area contributed by atoms with Crippen LogP contribution in [0.15, 0.2) is 30.3 Å². The second kappa shape index (κ2) is 5.41. The molecule has 0 aromatic heterocycles. The number of likely N-dealkylation sites (tertiary alicyclic amines) is 1. The first kappa shape index (κ1) is 12.2. The predicted molar refractivity (Wildman–Crippen MR) is 75.8 cm³/mol. The Balaban J connectivity index is 1.59. The monoisotopic (exact) mass is 244 g/mol. The van der Waals surface area contributed by atoms with Gasteiger partial charge in [0.05, 0.1) is 0 Å². The molecule has 18 heavy (non-hydrogen) atoms. The minimum absolute atomic E-state index is 0.766. The smallest absolute Gasteiger partial charge is 0.0136 e. The zero-order valence-corrected chi connectivity index (χ0v) is 11.3. The van der Waals surface area contributed by atoms with Crippen molar-refractivity contribution in [2.24, 2.45) is 5.92 Å². The number of hydrogen-bond donors (Lipinski definition) is 1. The van der Waals surface area contributed by atoms with Gasteiger partial charge in [0.15, 0.2) is 0 Å². The molecule has 2 heteroatoms. The molecule has 2 fully saturated rings. The summed E-state index contributed by atoms with van der Waals surface area (Å²) in [7, 11) is 2.08. The Morgan fingerprint density at radius 2 is 2.00 bits per heavy atom. The van der Waals surface area contributed by atoms with Gasteiger partial charge in [0, 0.05) is 12.6 Å². The molecular formula is C16H24N2. The van der Waals surface area contributed by atoms with Gasteiger partial charge in [-0.05, 0) is 56.8 Å². The van der Waals surface area contributed by atoms with E-state index in [0.717, 1.165) is 17.9 Å². The lowest BCUT2D eigenvalue weighted by atomic mass is 9.78. The Hall–Kier alpha value is -0.860. The number of hydrogen-bond acceptors (Lipinski definition) is 2. The van der Waals surface area contributed by atoms with Gasteiger partial charge in [-0.25, -0.2) is 0 Å². The minimum atomic E-state index is 0.766. The quantitative estimate of drug-likeness (QED) is 0.875. The van der Waals surface area contributed by atoms with Gasteiger partial charge in [0.1, 0.15) is 0 Å². The maximum atomic E-state index is 3.34. The third-order valence-electron chi connectivity index (χ3n) is 4.80. The summed E-state index contributed by atoms with van der Waals surface area (Å²) >= 11 is 0. The van der Waals surface area contributed by atoms with Crippen molar-refractivity contribution in [2.45, 2.75) is 31.2 Å². The number of benzene rings is 1. The van der Waals surface area contributed by atoms with E-state index in [0.29, 0.717) is 0 Å². The average Bonchev–Trinajstić information content (AvgIpc) is 2.85. The van der Waals surface area contributed by atoms with Crippen LogP contribution in [0.3, 0.4) is 0 Å².